The van der Waals surface area contributed by atoms with Crippen molar-refractivity contribution in [1.29, 1.82) is 0 Å². The molecule has 0 aromatic heterocycles. The van der Waals surface area contributed by atoms with Crippen LogP contribution in [0, 0.1) is 22.7 Å². The molecule has 8 atom stereocenters. The molecular formula is C23H34O7. The predicted molar refractivity (Wildman–Crippen MR) is 106 cm³/mol. The molecule has 0 radical (unpaired) electrons. The standard InChI is InChI=1S/C23H34O7/c1-4-28-17-9-15(19(25)29-17)16-6-7-21-10-14(22(26,12-21)13-24)5-8-23(21)20(16,2)11-18(27-3)30-23/h9,14,16-18,24,26H,4-8,10-13H2,1-3H3/t14-,16-,17-,18-,20-,21+,22+,23-/m1/s1. The maximum Gasteiger partial charge on any atom is 0.336 e. The SMILES string of the molecule is CCO[C@H]1C=C([C@H]2CC[C@@]34C[C@@H](CC[C@]35O[C@@H](OC)C[C@]25C)[C@@](O)(CO)C4)C(=O)O1. The summed E-state index contributed by atoms with van der Waals surface area (Å²) in [5.41, 5.74) is -1.39. The van der Waals surface area contributed by atoms with Gasteiger partial charge in [0.1, 0.15) is 0 Å². The van der Waals surface area contributed by atoms with Gasteiger partial charge in [0.2, 0.25) is 6.29 Å². The fourth-order valence-electron chi connectivity index (χ4n) is 8.07. The van der Waals surface area contributed by atoms with Crippen molar-refractivity contribution in [2.24, 2.45) is 22.7 Å². The number of carbonyl (C=O) groups is 1. The molecule has 3 saturated carbocycles. The van der Waals surface area contributed by atoms with Gasteiger partial charge in [-0.05, 0) is 63.4 Å². The molecule has 7 heteroatoms. The molecule has 0 aromatic rings. The summed E-state index contributed by atoms with van der Waals surface area (Å²) in [5.74, 6) is -0.212. The van der Waals surface area contributed by atoms with Crippen LogP contribution in [0.5, 0.6) is 0 Å². The number of hydrogen-bond acceptors (Lipinski definition) is 7. The second-order valence-corrected chi connectivity index (χ2v) is 10.3. The molecule has 1 saturated heterocycles. The highest BCUT2D eigenvalue weighted by atomic mass is 16.7. The molecule has 30 heavy (non-hydrogen) atoms. The third kappa shape index (κ3) is 2.47. The van der Waals surface area contributed by atoms with Crippen molar-refractivity contribution in [3.8, 4) is 0 Å². The number of cyclic esters (lactones) is 1. The van der Waals surface area contributed by atoms with Gasteiger partial charge < -0.3 is 29.2 Å². The average molecular weight is 423 g/mol. The Kier molecular flexibility index (Phi) is 4.70. The lowest BCUT2D eigenvalue weighted by Gasteiger charge is -2.62. The summed E-state index contributed by atoms with van der Waals surface area (Å²) in [4.78, 5) is 12.8. The van der Waals surface area contributed by atoms with Crippen molar-refractivity contribution in [2.75, 3.05) is 20.3 Å². The first-order valence-corrected chi connectivity index (χ1v) is 11.3. The smallest absolute Gasteiger partial charge is 0.336 e. The first kappa shape index (κ1) is 20.9. The van der Waals surface area contributed by atoms with Crippen molar-refractivity contribution in [2.45, 2.75) is 82.6 Å². The summed E-state index contributed by atoms with van der Waals surface area (Å²) in [5, 5.41) is 21.2. The van der Waals surface area contributed by atoms with E-state index in [1.165, 1.54) is 0 Å². The van der Waals surface area contributed by atoms with E-state index in [1.54, 1.807) is 7.11 Å². The molecule has 2 heterocycles. The van der Waals surface area contributed by atoms with Crippen LogP contribution < -0.4 is 0 Å². The van der Waals surface area contributed by atoms with E-state index in [0.717, 1.165) is 32.1 Å². The first-order valence-electron chi connectivity index (χ1n) is 11.3. The quantitative estimate of drug-likeness (QED) is 0.657. The minimum atomic E-state index is -1.04. The van der Waals surface area contributed by atoms with Crippen molar-refractivity contribution in [3.05, 3.63) is 11.6 Å². The normalized spacial score (nSPS) is 52.0. The maximum atomic E-state index is 12.8. The van der Waals surface area contributed by atoms with Crippen molar-refractivity contribution >= 4 is 5.97 Å². The summed E-state index contributed by atoms with van der Waals surface area (Å²) in [6.45, 7) is 4.38. The van der Waals surface area contributed by atoms with E-state index in [4.69, 9.17) is 18.9 Å². The van der Waals surface area contributed by atoms with Crippen molar-refractivity contribution < 1.29 is 34.0 Å². The monoisotopic (exact) mass is 422 g/mol. The fourth-order valence-corrected chi connectivity index (χ4v) is 8.07. The van der Waals surface area contributed by atoms with E-state index in [0.29, 0.717) is 25.0 Å². The fraction of sp³-hybridized carbons (Fsp3) is 0.870. The summed E-state index contributed by atoms with van der Waals surface area (Å²) < 4.78 is 23.4. The van der Waals surface area contributed by atoms with Gasteiger partial charge in [0, 0.05) is 36.5 Å². The minimum Gasteiger partial charge on any atom is -0.429 e. The third-order valence-electron chi connectivity index (χ3n) is 9.29. The van der Waals surface area contributed by atoms with Crippen LogP contribution in [0.4, 0.5) is 0 Å². The molecule has 0 unspecified atom stereocenters. The van der Waals surface area contributed by atoms with Crippen LogP contribution in [0.15, 0.2) is 11.6 Å². The molecule has 7 nitrogen and oxygen atoms in total. The van der Waals surface area contributed by atoms with Gasteiger partial charge in [-0.15, -0.1) is 0 Å². The Hall–Kier alpha value is -0.990. The third-order valence-corrected chi connectivity index (χ3v) is 9.29. The number of aliphatic hydroxyl groups excluding tert-OH is 1. The Morgan fingerprint density at radius 3 is 2.77 bits per heavy atom. The lowest BCUT2D eigenvalue weighted by Crippen LogP contribution is -2.63. The molecule has 2 N–H and O–H groups in total. The highest BCUT2D eigenvalue weighted by Crippen LogP contribution is 2.75. The van der Waals surface area contributed by atoms with Gasteiger partial charge in [0.15, 0.2) is 6.29 Å². The Bertz CT molecular complexity index is 767. The average Bonchev–Trinajstić information content (AvgIpc) is 3.31. The zero-order valence-electron chi connectivity index (χ0n) is 18.2. The summed E-state index contributed by atoms with van der Waals surface area (Å²) in [6.07, 6.45) is 6.28. The second-order valence-electron chi connectivity index (χ2n) is 10.3. The highest BCUT2D eigenvalue weighted by Gasteiger charge is 2.77. The first-order chi connectivity index (χ1) is 14.3. The Morgan fingerprint density at radius 2 is 2.07 bits per heavy atom. The number of fused-ring (bicyclic) bond motifs is 1. The van der Waals surface area contributed by atoms with Crippen LogP contribution in [0.25, 0.3) is 0 Å². The van der Waals surface area contributed by atoms with E-state index in [2.05, 4.69) is 6.92 Å². The van der Waals surface area contributed by atoms with Crippen LogP contribution in [-0.2, 0) is 23.7 Å². The summed E-state index contributed by atoms with van der Waals surface area (Å²) >= 11 is 0. The molecule has 2 bridgehead atoms. The molecule has 168 valence electrons. The topological polar surface area (TPSA) is 94.5 Å². The molecule has 0 aromatic carbocycles. The van der Waals surface area contributed by atoms with Gasteiger partial charge >= 0.3 is 5.97 Å². The molecule has 5 rings (SSSR count). The van der Waals surface area contributed by atoms with Crippen LogP contribution >= 0.6 is 0 Å². The predicted octanol–water partition coefficient (Wildman–Crippen LogP) is 2.29. The number of esters is 1. The maximum absolute atomic E-state index is 12.8. The Labute approximate surface area is 177 Å². The van der Waals surface area contributed by atoms with E-state index in [9.17, 15) is 15.0 Å². The van der Waals surface area contributed by atoms with Gasteiger partial charge in [0.25, 0.3) is 0 Å². The zero-order chi connectivity index (χ0) is 21.4. The molecule has 5 aliphatic rings. The largest absolute Gasteiger partial charge is 0.429 e. The van der Waals surface area contributed by atoms with Gasteiger partial charge in [-0.25, -0.2) is 4.79 Å². The minimum absolute atomic E-state index is 0.0133. The molecule has 2 aliphatic heterocycles. The van der Waals surface area contributed by atoms with Crippen molar-refractivity contribution in [3.63, 3.8) is 0 Å². The zero-order valence-corrected chi connectivity index (χ0v) is 18.2. The number of rotatable bonds is 5. The van der Waals surface area contributed by atoms with Gasteiger partial charge in [-0.3, -0.25) is 0 Å². The second kappa shape index (κ2) is 6.75. The van der Waals surface area contributed by atoms with E-state index in [1.807, 2.05) is 13.0 Å². The molecular weight excluding hydrogens is 388 g/mol. The van der Waals surface area contributed by atoms with E-state index < -0.39 is 17.5 Å². The molecule has 0 amide bonds. The lowest BCUT2D eigenvalue weighted by atomic mass is 9.44. The summed E-state index contributed by atoms with van der Waals surface area (Å²) in [6, 6.07) is 0. The molecule has 3 aliphatic carbocycles. The van der Waals surface area contributed by atoms with Crippen LogP contribution in [0.1, 0.15) is 58.8 Å². The van der Waals surface area contributed by atoms with E-state index >= 15 is 0 Å². The van der Waals surface area contributed by atoms with Crippen molar-refractivity contribution in [1.82, 2.24) is 0 Å². The number of ether oxygens (including phenoxy) is 4. The van der Waals surface area contributed by atoms with E-state index in [-0.39, 0.29) is 41.5 Å². The Morgan fingerprint density at radius 1 is 1.27 bits per heavy atom. The van der Waals surface area contributed by atoms with Gasteiger partial charge in [-0.2, -0.15) is 0 Å². The highest BCUT2D eigenvalue weighted by molar-refractivity contribution is 5.91. The lowest BCUT2D eigenvalue weighted by molar-refractivity contribution is -0.249. The van der Waals surface area contributed by atoms with Crippen LogP contribution in [-0.4, -0.2) is 60.3 Å². The number of methoxy groups -OCH3 is 1. The number of hydrogen-bond donors (Lipinski definition) is 2. The van der Waals surface area contributed by atoms with Crippen LogP contribution in [0.2, 0.25) is 0 Å². The molecule has 2 spiro atoms. The number of aliphatic hydroxyl groups is 2. The Balaban J connectivity index is 1.57. The van der Waals surface area contributed by atoms with Crippen LogP contribution in [0.3, 0.4) is 0 Å². The summed E-state index contributed by atoms with van der Waals surface area (Å²) in [7, 11) is 1.67. The molecule has 4 fully saturated rings. The number of carbonyl (C=O) groups excluding carboxylic acids is 1. The van der Waals surface area contributed by atoms with Gasteiger partial charge in [0.05, 0.1) is 17.8 Å². The van der Waals surface area contributed by atoms with Gasteiger partial charge in [-0.1, -0.05) is 6.92 Å².